The number of aryl methyl sites for hydroxylation is 1. The number of hydrogen-bond donors (Lipinski definition) is 2. The molecule has 1 amide bonds. The van der Waals surface area contributed by atoms with Crippen molar-refractivity contribution in [1.29, 1.82) is 0 Å². The van der Waals surface area contributed by atoms with Crippen LogP contribution in [0.2, 0.25) is 0 Å². The Hall–Kier alpha value is -3.01. The van der Waals surface area contributed by atoms with Crippen LogP contribution in [0.15, 0.2) is 53.7 Å². The first-order valence-corrected chi connectivity index (χ1v) is 10.6. The molecule has 31 heavy (non-hydrogen) atoms. The lowest BCUT2D eigenvalue weighted by Crippen LogP contribution is -2.15. The SMILES string of the molecule is CCn1c(CNc2cccc(C(F)(F)F)c2)nnc1SCC(=O)Nc1cccc(C)c1. The number of carbonyl (C=O) groups is 1. The van der Waals surface area contributed by atoms with Gasteiger partial charge in [0.2, 0.25) is 5.91 Å². The highest BCUT2D eigenvalue weighted by molar-refractivity contribution is 7.99. The largest absolute Gasteiger partial charge is 0.416 e. The summed E-state index contributed by atoms with van der Waals surface area (Å²) in [7, 11) is 0. The number of benzene rings is 2. The molecule has 2 aromatic carbocycles. The van der Waals surface area contributed by atoms with Gasteiger partial charge in [-0.3, -0.25) is 4.79 Å². The Bertz CT molecular complexity index is 1050. The van der Waals surface area contributed by atoms with Gasteiger partial charge in [-0.05, 0) is 49.7 Å². The van der Waals surface area contributed by atoms with Crippen LogP contribution in [-0.2, 0) is 24.1 Å². The summed E-state index contributed by atoms with van der Waals surface area (Å²) in [4.78, 5) is 12.2. The Morgan fingerprint density at radius 3 is 2.55 bits per heavy atom. The molecule has 10 heteroatoms. The highest BCUT2D eigenvalue weighted by atomic mass is 32.2. The number of carbonyl (C=O) groups excluding carboxylic acids is 1. The molecule has 0 aliphatic heterocycles. The quantitative estimate of drug-likeness (QED) is 0.475. The molecule has 0 saturated heterocycles. The average molecular weight is 450 g/mol. The number of rotatable bonds is 8. The van der Waals surface area contributed by atoms with Gasteiger partial charge in [0.15, 0.2) is 11.0 Å². The van der Waals surface area contributed by atoms with Crippen LogP contribution in [0.4, 0.5) is 24.5 Å². The molecule has 0 saturated carbocycles. The second-order valence-corrected chi connectivity index (χ2v) is 7.72. The van der Waals surface area contributed by atoms with Gasteiger partial charge in [-0.1, -0.05) is 30.0 Å². The number of nitrogens with one attached hydrogen (secondary N) is 2. The molecule has 2 N–H and O–H groups in total. The molecule has 0 bridgehead atoms. The van der Waals surface area contributed by atoms with Crippen molar-refractivity contribution in [2.45, 2.75) is 38.3 Å². The van der Waals surface area contributed by atoms with Gasteiger partial charge in [0, 0.05) is 17.9 Å². The normalized spacial score (nSPS) is 11.4. The standard InChI is InChI=1S/C21H22F3N5OS/c1-3-29-18(12-25-16-8-5-7-15(11-16)21(22,23)24)27-28-20(29)31-13-19(30)26-17-9-4-6-14(2)10-17/h4-11,25H,3,12-13H2,1-2H3,(H,26,30). The summed E-state index contributed by atoms with van der Waals surface area (Å²) < 4.78 is 40.4. The summed E-state index contributed by atoms with van der Waals surface area (Å²) in [6.45, 7) is 4.63. The third-order valence-corrected chi connectivity index (χ3v) is 5.35. The van der Waals surface area contributed by atoms with Gasteiger partial charge in [-0.25, -0.2) is 0 Å². The molecular formula is C21H22F3N5OS. The van der Waals surface area contributed by atoms with E-state index in [4.69, 9.17) is 0 Å². The zero-order chi connectivity index (χ0) is 22.4. The minimum Gasteiger partial charge on any atom is -0.378 e. The second-order valence-electron chi connectivity index (χ2n) is 6.78. The van der Waals surface area contributed by atoms with Crippen LogP contribution in [0, 0.1) is 6.92 Å². The van der Waals surface area contributed by atoms with Crippen LogP contribution < -0.4 is 10.6 Å². The maximum atomic E-state index is 12.9. The lowest BCUT2D eigenvalue weighted by molar-refractivity contribution is -0.137. The van der Waals surface area contributed by atoms with E-state index in [0.29, 0.717) is 23.2 Å². The van der Waals surface area contributed by atoms with Crippen LogP contribution in [0.25, 0.3) is 0 Å². The summed E-state index contributed by atoms with van der Waals surface area (Å²) in [6, 6.07) is 12.5. The molecule has 0 aliphatic rings. The van der Waals surface area contributed by atoms with Crippen LogP contribution >= 0.6 is 11.8 Å². The first kappa shape index (κ1) is 22.7. The molecular weight excluding hydrogens is 427 g/mol. The Kier molecular flexibility index (Phi) is 7.21. The van der Waals surface area contributed by atoms with Crippen LogP contribution in [-0.4, -0.2) is 26.4 Å². The third-order valence-electron chi connectivity index (χ3n) is 4.38. The van der Waals surface area contributed by atoms with E-state index in [0.717, 1.165) is 23.4 Å². The van der Waals surface area contributed by atoms with Gasteiger partial charge in [0.25, 0.3) is 0 Å². The minimum absolute atomic E-state index is 0.160. The molecule has 3 aromatic rings. The number of thioether (sulfide) groups is 1. The van der Waals surface area contributed by atoms with E-state index in [9.17, 15) is 18.0 Å². The molecule has 0 fully saturated rings. The summed E-state index contributed by atoms with van der Waals surface area (Å²) in [5.41, 5.74) is 1.40. The smallest absolute Gasteiger partial charge is 0.378 e. The predicted octanol–water partition coefficient (Wildman–Crippen LogP) is 4.97. The van der Waals surface area contributed by atoms with E-state index < -0.39 is 11.7 Å². The van der Waals surface area contributed by atoms with Crippen molar-refractivity contribution in [3.05, 3.63) is 65.5 Å². The number of anilines is 2. The molecule has 164 valence electrons. The number of alkyl halides is 3. The van der Waals surface area contributed by atoms with E-state index >= 15 is 0 Å². The van der Waals surface area contributed by atoms with Crippen molar-refractivity contribution in [3.63, 3.8) is 0 Å². The fourth-order valence-electron chi connectivity index (χ4n) is 2.91. The number of nitrogens with zero attached hydrogens (tertiary/aromatic N) is 3. The summed E-state index contributed by atoms with van der Waals surface area (Å²) >= 11 is 1.25. The fraction of sp³-hybridized carbons (Fsp3) is 0.286. The predicted molar refractivity (Wildman–Crippen MR) is 115 cm³/mol. The first-order chi connectivity index (χ1) is 14.8. The maximum Gasteiger partial charge on any atom is 0.416 e. The molecule has 3 rings (SSSR count). The highest BCUT2D eigenvalue weighted by Crippen LogP contribution is 2.30. The second kappa shape index (κ2) is 9.86. The van der Waals surface area contributed by atoms with Crippen LogP contribution in [0.1, 0.15) is 23.9 Å². The fourth-order valence-corrected chi connectivity index (χ4v) is 3.73. The summed E-state index contributed by atoms with van der Waals surface area (Å²) in [5, 5.41) is 14.6. The molecule has 0 atom stereocenters. The van der Waals surface area contributed by atoms with E-state index in [1.165, 1.54) is 17.8 Å². The molecule has 0 spiro atoms. The molecule has 0 radical (unpaired) electrons. The zero-order valence-corrected chi connectivity index (χ0v) is 17.8. The average Bonchev–Trinajstić information content (AvgIpc) is 3.12. The minimum atomic E-state index is -4.40. The lowest BCUT2D eigenvalue weighted by Gasteiger charge is -2.11. The van der Waals surface area contributed by atoms with Crippen molar-refractivity contribution in [2.75, 3.05) is 16.4 Å². The number of amides is 1. The first-order valence-electron chi connectivity index (χ1n) is 9.59. The van der Waals surface area contributed by atoms with Gasteiger partial charge in [-0.15, -0.1) is 10.2 Å². The molecule has 0 unspecified atom stereocenters. The van der Waals surface area contributed by atoms with Gasteiger partial charge in [-0.2, -0.15) is 13.2 Å². The van der Waals surface area contributed by atoms with Crippen molar-refractivity contribution in [3.8, 4) is 0 Å². The van der Waals surface area contributed by atoms with Gasteiger partial charge >= 0.3 is 6.18 Å². The summed E-state index contributed by atoms with van der Waals surface area (Å²) in [6.07, 6.45) is -4.40. The monoisotopic (exact) mass is 449 g/mol. The Labute approximate surface area is 182 Å². The lowest BCUT2D eigenvalue weighted by atomic mass is 10.2. The van der Waals surface area contributed by atoms with E-state index in [2.05, 4.69) is 20.8 Å². The van der Waals surface area contributed by atoms with Crippen molar-refractivity contribution in [2.24, 2.45) is 0 Å². The summed E-state index contributed by atoms with van der Waals surface area (Å²) in [5.74, 6) is 0.569. The Balaban J connectivity index is 1.60. The zero-order valence-electron chi connectivity index (χ0n) is 17.0. The molecule has 0 aliphatic carbocycles. The number of halogens is 3. The Morgan fingerprint density at radius 2 is 1.84 bits per heavy atom. The van der Waals surface area contributed by atoms with E-state index in [-0.39, 0.29) is 18.2 Å². The van der Waals surface area contributed by atoms with Gasteiger partial charge in [0.05, 0.1) is 17.9 Å². The van der Waals surface area contributed by atoms with Crippen LogP contribution in [0.3, 0.4) is 0 Å². The maximum absolute atomic E-state index is 12.9. The third kappa shape index (κ3) is 6.24. The molecule has 1 heterocycles. The van der Waals surface area contributed by atoms with Crippen molar-refractivity contribution < 1.29 is 18.0 Å². The topological polar surface area (TPSA) is 71.8 Å². The van der Waals surface area contributed by atoms with Crippen molar-refractivity contribution >= 4 is 29.0 Å². The highest BCUT2D eigenvalue weighted by Gasteiger charge is 2.30. The van der Waals surface area contributed by atoms with Crippen LogP contribution in [0.5, 0.6) is 0 Å². The van der Waals surface area contributed by atoms with E-state index in [1.54, 1.807) is 6.07 Å². The number of hydrogen-bond acceptors (Lipinski definition) is 5. The van der Waals surface area contributed by atoms with E-state index in [1.807, 2.05) is 42.7 Å². The molecule has 1 aromatic heterocycles. The Morgan fingerprint density at radius 1 is 1.10 bits per heavy atom. The van der Waals surface area contributed by atoms with Crippen molar-refractivity contribution in [1.82, 2.24) is 14.8 Å². The molecule has 6 nitrogen and oxygen atoms in total. The number of aromatic nitrogens is 3. The van der Waals surface area contributed by atoms with Gasteiger partial charge in [0.1, 0.15) is 0 Å². The van der Waals surface area contributed by atoms with Gasteiger partial charge < -0.3 is 15.2 Å².